The Morgan fingerprint density at radius 2 is 1.84 bits per heavy atom. The van der Waals surface area contributed by atoms with Gasteiger partial charge in [-0.05, 0) is 48.9 Å². The molecular weight excluding hydrogens is 498 g/mol. The van der Waals surface area contributed by atoms with E-state index in [-0.39, 0.29) is 17.7 Å². The molecule has 0 N–H and O–H groups in total. The molecular formula is C30H36ClN5O2. The van der Waals surface area contributed by atoms with Gasteiger partial charge in [-0.15, -0.1) is 0 Å². The van der Waals surface area contributed by atoms with Crippen LogP contribution in [0.15, 0.2) is 67.3 Å². The van der Waals surface area contributed by atoms with Crippen molar-refractivity contribution in [3.8, 4) is 0 Å². The molecule has 1 aliphatic heterocycles. The summed E-state index contributed by atoms with van der Waals surface area (Å²) in [6.07, 6.45) is 9.43. The van der Waals surface area contributed by atoms with E-state index >= 15 is 0 Å². The van der Waals surface area contributed by atoms with Crippen LogP contribution in [-0.2, 0) is 29.2 Å². The van der Waals surface area contributed by atoms with Gasteiger partial charge in [0.15, 0.2) is 0 Å². The summed E-state index contributed by atoms with van der Waals surface area (Å²) < 4.78 is 2.00. The molecule has 38 heavy (non-hydrogen) atoms. The topological polar surface area (TPSA) is 61.7 Å². The molecule has 0 saturated heterocycles. The van der Waals surface area contributed by atoms with E-state index in [0.29, 0.717) is 31.1 Å². The summed E-state index contributed by atoms with van der Waals surface area (Å²) in [5, 5.41) is 0.608. The molecule has 200 valence electrons. The number of hydrogen-bond acceptors (Lipinski definition) is 4. The molecule has 2 amide bonds. The van der Waals surface area contributed by atoms with Crippen molar-refractivity contribution in [2.45, 2.75) is 51.7 Å². The highest BCUT2D eigenvalue weighted by Gasteiger charge is 2.35. The lowest BCUT2D eigenvalue weighted by molar-refractivity contribution is -0.132. The summed E-state index contributed by atoms with van der Waals surface area (Å²) in [6.45, 7) is 4.95. The number of fused-ring (bicyclic) bond motifs is 1. The number of halogens is 1. The van der Waals surface area contributed by atoms with Crippen molar-refractivity contribution in [2.24, 2.45) is 5.92 Å². The van der Waals surface area contributed by atoms with Crippen molar-refractivity contribution in [1.82, 2.24) is 19.4 Å². The number of aromatic nitrogens is 2. The molecule has 7 nitrogen and oxygen atoms in total. The number of rotatable bonds is 7. The Morgan fingerprint density at radius 1 is 1.00 bits per heavy atom. The number of imidazole rings is 1. The molecule has 2 aliphatic rings. The minimum Gasteiger partial charge on any atom is -0.337 e. The SMILES string of the molecule is O=C(CCCn1ccnc1)N1CCN(Cc2ccccc2)CCCN(C(=O)C2CC2)c2cc(Cl)ccc2C1. The first-order valence-corrected chi connectivity index (χ1v) is 14.0. The van der Waals surface area contributed by atoms with Crippen LogP contribution in [-0.4, -0.2) is 57.3 Å². The third-order valence-corrected chi connectivity index (χ3v) is 7.64. The number of benzene rings is 2. The molecule has 0 unspecified atom stereocenters. The normalized spacial score (nSPS) is 17.1. The third kappa shape index (κ3) is 7.03. The highest BCUT2D eigenvalue weighted by Crippen LogP contribution is 2.35. The first-order chi connectivity index (χ1) is 18.6. The standard InChI is InChI=1S/C30H36ClN5O2/c31-27-12-11-26-22-35(29(37)8-4-14-34-17-13-32-23-34)19-18-33(21-24-6-2-1-3-7-24)15-5-16-36(28(26)20-27)30(38)25-9-10-25/h1-3,6-7,11-13,17,20,23,25H,4-5,8-10,14-16,18-19,21-22H2. The molecule has 0 spiro atoms. The van der Waals surface area contributed by atoms with E-state index in [0.717, 1.165) is 63.1 Å². The fraction of sp³-hybridized carbons (Fsp3) is 0.433. The average molecular weight is 534 g/mol. The number of amides is 2. The van der Waals surface area contributed by atoms with Gasteiger partial charge < -0.3 is 14.4 Å². The van der Waals surface area contributed by atoms with Crippen LogP contribution in [0.4, 0.5) is 5.69 Å². The van der Waals surface area contributed by atoms with Crippen molar-refractivity contribution in [3.05, 3.63) is 83.4 Å². The molecule has 2 aromatic carbocycles. The third-order valence-electron chi connectivity index (χ3n) is 7.40. The maximum absolute atomic E-state index is 13.5. The van der Waals surface area contributed by atoms with Crippen LogP contribution in [0, 0.1) is 5.92 Å². The molecule has 1 aromatic heterocycles. The predicted molar refractivity (Wildman–Crippen MR) is 150 cm³/mol. The molecule has 0 radical (unpaired) electrons. The molecule has 8 heteroatoms. The Morgan fingerprint density at radius 3 is 2.61 bits per heavy atom. The zero-order chi connectivity index (χ0) is 26.3. The van der Waals surface area contributed by atoms with Crippen LogP contribution >= 0.6 is 11.6 Å². The van der Waals surface area contributed by atoms with Gasteiger partial charge in [0.1, 0.15) is 0 Å². The summed E-state index contributed by atoms with van der Waals surface area (Å²) >= 11 is 6.44. The van der Waals surface area contributed by atoms with E-state index in [9.17, 15) is 9.59 Å². The summed E-state index contributed by atoms with van der Waals surface area (Å²) in [7, 11) is 0. The molecule has 5 rings (SSSR count). The lowest BCUT2D eigenvalue weighted by Crippen LogP contribution is -2.38. The van der Waals surface area contributed by atoms with Gasteiger partial charge in [-0.3, -0.25) is 14.5 Å². The second-order valence-electron chi connectivity index (χ2n) is 10.4. The summed E-state index contributed by atoms with van der Waals surface area (Å²) in [5.74, 6) is 0.416. The average Bonchev–Trinajstić information content (AvgIpc) is 3.65. The fourth-order valence-electron chi connectivity index (χ4n) is 5.14. The Labute approximate surface area is 230 Å². The van der Waals surface area contributed by atoms with Gasteiger partial charge in [0.05, 0.1) is 12.0 Å². The van der Waals surface area contributed by atoms with Crippen molar-refractivity contribution in [1.29, 1.82) is 0 Å². The number of anilines is 1. The second-order valence-corrected chi connectivity index (χ2v) is 10.8. The molecule has 1 saturated carbocycles. The zero-order valence-electron chi connectivity index (χ0n) is 21.8. The van der Waals surface area contributed by atoms with Crippen LogP contribution in [0.3, 0.4) is 0 Å². The Kier molecular flexibility index (Phi) is 8.76. The maximum Gasteiger partial charge on any atom is 0.230 e. The van der Waals surface area contributed by atoms with Gasteiger partial charge in [-0.2, -0.15) is 0 Å². The van der Waals surface area contributed by atoms with Crippen LogP contribution in [0.5, 0.6) is 0 Å². The van der Waals surface area contributed by atoms with E-state index < -0.39 is 0 Å². The minimum absolute atomic E-state index is 0.105. The van der Waals surface area contributed by atoms with Crippen molar-refractivity contribution in [2.75, 3.05) is 31.1 Å². The number of carbonyl (C=O) groups is 2. The monoisotopic (exact) mass is 533 g/mol. The largest absolute Gasteiger partial charge is 0.337 e. The van der Waals surface area contributed by atoms with Crippen LogP contribution in [0.2, 0.25) is 5.02 Å². The Balaban J connectivity index is 1.38. The highest BCUT2D eigenvalue weighted by atomic mass is 35.5. The Bertz CT molecular complexity index is 1210. The summed E-state index contributed by atoms with van der Waals surface area (Å²) in [5.41, 5.74) is 3.08. The first-order valence-electron chi connectivity index (χ1n) is 13.7. The highest BCUT2D eigenvalue weighted by molar-refractivity contribution is 6.31. The van der Waals surface area contributed by atoms with Gasteiger partial charge in [0.2, 0.25) is 11.8 Å². The van der Waals surface area contributed by atoms with Crippen molar-refractivity contribution < 1.29 is 9.59 Å². The van der Waals surface area contributed by atoms with Crippen LogP contribution in [0.1, 0.15) is 43.2 Å². The summed E-state index contributed by atoms with van der Waals surface area (Å²) in [6, 6.07) is 16.2. The smallest absolute Gasteiger partial charge is 0.230 e. The predicted octanol–water partition coefficient (Wildman–Crippen LogP) is 4.99. The van der Waals surface area contributed by atoms with Crippen LogP contribution < -0.4 is 4.90 Å². The quantitative estimate of drug-likeness (QED) is 0.429. The summed E-state index contributed by atoms with van der Waals surface area (Å²) in [4.78, 5) is 37.3. The zero-order valence-corrected chi connectivity index (χ0v) is 22.6. The molecule has 3 aromatic rings. The van der Waals surface area contributed by atoms with Crippen LogP contribution in [0.25, 0.3) is 0 Å². The number of nitrogens with zero attached hydrogens (tertiary/aromatic N) is 5. The maximum atomic E-state index is 13.5. The molecule has 0 bridgehead atoms. The van der Waals surface area contributed by atoms with Gasteiger partial charge >= 0.3 is 0 Å². The molecule has 0 atom stereocenters. The van der Waals surface area contributed by atoms with Gasteiger partial charge in [0.25, 0.3) is 0 Å². The first kappa shape index (κ1) is 26.4. The second kappa shape index (κ2) is 12.6. The molecule has 1 aliphatic carbocycles. The van der Waals surface area contributed by atoms with Crippen molar-refractivity contribution in [3.63, 3.8) is 0 Å². The lowest BCUT2D eigenvalue weighted by atomic mass is 10.1. The molecule has 1 fully saturated rings. The number of aryl methyl sites for hydroxylation is 1. The van der Waals surface area contributed by atoms with Gasteiger partial charge in [0, 0.05) is 75.6 Å². The number of carbonyl (C=O) groups excluding carboxylic acids is 2. The lowest BCUT2D eigenvalue weighted by Gasteiger charge is -2.28. The molecule has 2 heterocycles. The van der Waals surface area contributed by atoms with Crippen molar-refractivity contribution >= 4 is 29.1 Å². The van der Waals surface area contributed by atoms with Gasteiger partial charge in [-0.25, -0.2) is 4.98 Å². The van der Waals surface area contributed by atoms with E-state index in [1.54, 1.807) is 12.5 Å². The fourth-order valence-corrected chi connectivity index (χ4v) is 5.30. The van der Waals surface area contributed by atoms with E-state index in [4.69, 9.17) is 11.6 Å². The number of hydrogen-bond donors (Lipinski definition) is 0. The van der Waals surface area contributed by atoms with E-state index in [1.807, 2.05) is 44.8 Å². The minimum atomic E-state index is 0.105. The van der Waals surface area contributed by atoms with E-state index in [1.165, 1.54) is 5.56 Å². The van der Waals surface area contributed by atoms with Gasteiger partial charge in [-0.1, -0.05) is 48.0 Å². The Hall–Kier alpha value is -3.16. The van der Waals surface area contributed by atoms with E-state index in [2.05, 4.69) is 34.1 Å².